The standard InChI is InChI=1S/C21H26N2O4/c1-14-5-8-17(15(2)11-14)23-21(25)13-22-20(24)10-7-16-6-9-18(26-3)19(12-16)27-4/h5-6,8-9,11-12H,7,10,13H2,1-4H3,(H,22,24)(H,23,25). The molecule has 0 aromatic heterocycles. The highest BCUT2D eigenvalue weighted by molar-refractivity contribution is 5.95. The second kappa shape index (κ2) is 9.62. The topological polar surface area (TPSA) is 76.7 Å². The van der Waals surface area contributed by atoms with Crippen LogP contribution in [0.1, 0.15) is 23.1 Å². The summed E-state index contributed by atoms with van der Waals surface area (Å²) >= 11 is 0. The number of methoxy groups -OCH3 is 2. The fourth-order valence-corrected chi connectivity index (χ4v) is 2.71. The van der Waals surface area contributed by atoms with Crippen molar-refractivity contribution in [2.45, 2.75) is 26.7 Å². The van der Waals surface area contributed by atoms with Gasteiger partial charge in [0.2, 0.25) is 11.8 Å². The van der Waals surface area contributed by atoms with Crippen LogP contribution in [0.3, 0.4) is 0 Å². The molecule has 2 aromatic carbocycles. The van der Waals surface area contributed by atoms with Crippen molar-refractivity contribution in [3.63, 3.8) is 0 Å². The van der Waals surface area contributed by atoms with Gasteiger partial charge in [0.05, 0.1) is 20.8 Å². The molecule has 27 heavy (non-hydrogen) atoms. The highest BCUT2D eigenvalue weighted by Gasteiger charge is 2.09. The maximum absolute atomic E-state index is 12.0. The zero-order valence-electron chi connectivity index (χ0n) is 16.2. The summed E-state index contributed by atoms with van der Waals surface area (Å²) in [5.41, 5.74) is 3.84. The van der Waals surface area contributed by atoms with Gasteiger partial charge in [-0.15, -0.1) is 0 Å². The van der Waals surface area contributed by atoms with Gasteiger partial charge in [-0.3, -0.25) is 9.59 Å². The van der Waals surface area contributed by atoms with Crippen LogP contribution < -0.4 is 20.1 Å². The molecule has 2 aromatic rings. The minimum Gasteiger partial charge on any atom is -0.493 e. The lowest BCUT2D eigenvalue weighted by atomic mass is 10.1. The van der Waals surface area contributed by atoms with Crippen molar-refractivity contribution < 1.29 is 19.1 Å². The zero-order valence-corrected chi connectivity index (χ0v) is 16.2. The van der Waals surface area contributed by atoms with Gasteiger partial charge in [0.1, 0.15) is 0 Å². The first-order valence-electron chi connectivity index (χ1n) is 8.77. The van der Waals surface area contributed by atoms with Gasteiger partial charge in [-0.1, -0.05) is 23.8 Å². The van der Waals surface area contributed by atoms with E-state index in [1.165, 1.54) is 0 Å². The van der Waals surface area contributed by atoms with E-state index in [1.54, 1.807) is 14.2 Å². The van der Waals surface area contributed by atoms with Crippen LogP contribution in [-0.4, -0.2) is 32.6 Å². The molecular weight excluding hydrogens is 344 g/mol. The summed E-state index contributed by atoms with van der Waals surface area (Å²) < 4.78 is 10.5. The van der Waals surface area contributed by atoms with Gasteiger partial charge in [-0.25, -0.2) is 0 Å². The zero-order chi connectivity index (χ0) is 19.8. The quantitative estimate of drug-likeness (QED) is 0.749. The van der Waals surface area contributed by atoms with E-state index >= 15 is 0 Å². The van der Waals surface area contributed by atoms with Crippen LogP contribution in [0, 0.1) is 13.8 Å². The number of carbonyl (C=O) groups is 2. The van der Waals surface area contributed by atoms with E-state index in [2.05, 4.69) is 10.6 Å². The lowest BCUT2D eigenvalue weighted by Crippen LogP contribution is -2.33. The minimum atomic E-state index is -0.249. The summed E-state index contributed by atoms with van der Waals surface area (Å²) in [7, 11) is 3.15. The molecule has 0 aliphatic rings. The Morgan fingerprint density at radius 2 is 1.67 bits per heavy atom. The van der Waals surface area contributed by atoms with Crippen LogP contribution >= 0.6 is 0 Å². The van der Waals surface area contributed by atoms with Gasteiger partial charge < -0.3 is 20.1 Å². The molecule has 0 unspecified atom stereocenters. The Morgan fingerprint density at radius 1 is 0.926 bits per heavy atom. The Labute approximate surface area is 159 Å². The fraction of sp³-hybridized carbons (Fsp3) is 0.333. The molecule has 0 saturated heterocycles. The Balaban J connectivity index is 1.79. The molecule has 6 nitrogen and oxygen atoms in total. The first kappa shape index (κ1) is 20.3. The van der Waals surface area contributed by atoms with Crippen LogP contribution in [0.25, 0.3) is 0 Å². The number of ether oxygens (including phenoxy) is 2. The average Bonchev–Trinajstić information content (AvgIpc) is 2.66. The number of anilines is 1. The smallest absolute Gasteiger partial charge is 0.243 e. The monoisotopic (exact) mass is 370 g/mol. The van der Waals surface area contributed by atoms with Gasteiger partial charge in [-0.2, -0.15) is 0 Å². The number of rotatable bonds is 8. The predicted octanol–water partition coefficient (Wildman–Crippen LogP) is 3.01. The van der Waals surface area contributed by atoms with Crippen molar-refractivity contribution in [2.75, 3.05) is 26.1 Å². The Bertz CT molecular complexity index is 818. The third-order valence-corrected chi connectivity index (χ3v) is 4.19. The van der Waals surface area contributed by atoms with Crippen molar-refractivity contribution in [3.8, 4) is 11.5 Å². The summed E-state index contributed by atoms with van der Waals surface area (Å²) in [6.07, 6.45) is 0.831. The normalized spacial score (nSPS) is 10.2. The number of amides is 2. The van der Waals surface area contributed by atoms with Crippen LogP contribution in [0.4, 0.5) is 5.69 Å². The molecule has 2 N–H and O–H groups in total. The fourth-order valence-electron chi connectivity index (χ4n) is 2.71. The van der Waals surface area contributed by atoms with Gasteiger partial charge in [-0.05, 0) is 49.6 Å². The molecule has 2 rings (SSSR count). The van der Waals surface area contributed by atoms with Crippen LogP contribution in [-0.2, 0) is 16.0 Å². The molecular formula is C21H26N2O4. The third kappa shape index (κ3) is 6.02. The van der Waals surface area contributed by atoms with E-state index in [4.69, 9.17) is 9.47 Å². The molecule has 0 aliphatic heterocycles. The number of carbonyl (C=O) groups excluding carboxylic acids is 2. The third-order valence-electron chi connectivity index (χ3n) is 4.19. The van der Waals surface area contributed by atoms with Gasteiger partial charge in [0, 0.05) is 12.1 Å². The Kier molecular flexibility index (Phi) is 7.23. The number of benzene rings is 2. The molecule has 144 valence electrons. The molecule has 0 radical (unpaired) electrons. The maximum Gasteiger partial charge on any atom is 0.243 e. The Morgan fingerprint density at radius 3 is 2.33 bits per heavy atom. The van der Waals surface area contributed by atoms with Crippen molar-refractivity contribution >= 4 is 17.5 Å². The molecule has 0 atom stereocenters. The first-order chi connectivity index (χ1) is 12.9. The van der Waals surface area contributed by atoms with E-state index in [0.717, 1.165) is 22.4 Å². The molecule has 0 aliphatic carbocycles. The van der Waals surface area contributed by atoms with E-state index in [9.17, 15) is 9.59 Å². The molecule has 0 fully saturated rings. The largest absolute Gasteiger partial charge is 0.493 e. The molecule has 0 bridgehead atoms. The van der Waals surface area contributed by atoms with Crippen LogP contribution in [0.2, 0.25) is 0 Å². The number of hydrogen-bond acceptors (Lipinski definition) is 4. The predicted molar refractivity (Wildman–Crippen MR) is 105 cm³/mol. The maximum atomic E-state index is 12.0. The van der Waals surface area contributed by atoms with Crippen LogP contribution in [0.15, 0.2) is 36.4 Å². The highest BCUT2D eigenvalue weighted by Crippen LogP contribution is 2.27. The SMILES string of the molecule is COc1ccc(CCC(=O)NCC(=O)Nc2ccc(C)cc2C)cc1OC. The second-order valence-corrected chi connectivity index (χ2v) is 6.33. The van der Waals surface area contributed by atoms with Crippen molar-refractivity contribution in [1.29, 1.82) is 0 Å². The minimum absolute atomic E-state index is 0.0575. The number of aryl methyl sites for hydroxylation is 3. The van der Waals surface area contributed by atoms with Crippen molar-refractivity contribution in [2.24, 2.45) is 0 Å². The summed E-state index contributed by atoms with van der Waals surface area (Å²) in [6.45, 7) is 3.87. The van der Waals surface area contributed by atoms with Gasteiger partial charge >= 0.3 is 0 Å². The summed E-state index contributed by atoms with van der Waals surface area (Å²) in [4.78, 5) is 24.0. The van der Waals surface area contributed by atoms with E-state index < -0.39 is 0 Å². The highest BCUT2D eigenvalue weighted by atomic mass is 16.5. The molecule has 0 spiro atoms. The van der Waals surface area contributed by atoms with Crippen molar-refractivity contribution in [1.82, 2.24) is 5.32 Å². The summed E-state index contributed by atoms with van der Waals surface area (Å²) in [5.74, 6) is 0.846. The number of hydrogen-bond donors (Lipinski definition) is 2. The van der Waals surface area contributed by atoms with Gasteiger partial charge in [0.25, 0.3) is 0 Å². The lowest BCUT2D eigenvalue weighted by Gasteiger charge is -2.11. The second-order valence-electron chi connectivity index (χ2n) is 6.33. The van der Waals surface area contributed by atoms with E-state index in [-0.39, 0.29) is 24.8 Å². The molecule has 0 heterocycles. The molecule has 0 saturated carbocycles. The molecule has 2 amide bonds. The lowest BCUT2D eigenvalue weighted by molar-refractivity contribution is -0.124. The first-order valence-corrected chi connectivity index (χ1v) is 8.77. The summed E-state index contributed by atoms with van der Waals surface area (Å²) in [6, 6.07) is 11.3. The molecule has 6 heteroatoms. The average molecular weight is 370 g/mol. The summed E-state index contributed by atoms with van der Waals surface area (Å²) in [5, 5.41) is 5.46. The van der Waals surface area contributed by atoms with E-state index in [1.807, 2.05) is 50.2 Å². The van der Waals surface area contributed by atoms with Gasteiger partial charge in [0.15, 0.2) is 11.5 Å². The van der Waals surface area contributed by atoms with Crippen LogP contribution in [0.5, 0.6) is 11.5 Å². The number of nitrogens with one attached hydrogen (secondary N) is 2. The van der Waals surface area contributed by atoms with Crippen molar-refractivity contribution in [3.05, 3.63) is 53.1 Å². The van der Waals surface area contributed by atoms with E-state index in [0.29, 0.717) is 17.9 Å². The Hall–Kier alpha value is -3.02.